The lowest BCUT2D eigenvalue weighted by Crippen LogP contribution is -2.28. The molecule has 6 aromatic carbocycles. The van der Waals surface area contributed by atoms with Gasteiger partial charge in [-0.1, -0.05) is 121 Å². The highest BCUT2D eigenvalue weighted by Crippen LogP contribution is 2.35. The van der Waals surface area contributed by atoms with Gasteiger partial charge in [0.1, 0.15) is 0 Å². The van der Waals surface area contributed by atoms with Crippen LogP contribution in [0, 0.1) is 0 Å². The van der Waals surface area contributed by atoms with E-state index in [9.17, 15) is 0 Å². The van der Waals surface area contributed by atoms with E-state index < -0.39 is 0 Å². The molecule has 9 rings (SSSR count). The quantitative estimate of drug-likeness (QED) is 0.189. The van der Waals surface area contributed by atoms with Crippen molar-refractivity contribution in [2.24, 2.45) is 0 Å². The highest BCUT2D eigenvalue weighted by Gasteiger charge is 2.18. The Bertz CT molecular complexity index is 2610. The lowest BCUT2D eigenvalue weighted by Gasteiger charge is -2.12. The molecule has 0 fully saturated rings. The SMILES string of the molecule is Clc1c2c(cc3c4ccccc4n(-c4ccc(-c5nc(-c6ccccc6)nc(-c6cccc(-c7ccccc7)c6)n5)cc4)c13)=CCCC=2. The van der Waals surface area contributed by atoms with Crippen LogP contribution < -0.4 is 10.4 Å². The lowest BCUT2D eigenvalue weighted by atomic mass is 10.0. The van der Waals surface area contributed by atoms with Crippen LogP contribution in [0.4, 0.5) is 0 Å². The van der Waals surface area contributed by atoms with Crippen LogP contribution in [0.3, 0.4) is 0 Å². The molecule has 0 saturated heterocycles. The topological polar surface area (TPSA) is 43.6 Å². The fourth-order valence-electron chi connectivity index (χ4n) is 6.80. The molecule has 1 aliphatic rings. The van der Waals surface area contributed by atoms with Crippen molar-refractivity contribution in [3.8, 4) is 51.0 Å². The van der Waals surface area contributed by atoms with Crippen molar-refractivity contribution in [1.82, 2.24) is 19.5 Å². The zero-order chi connectivity index (χ0) is 32.0. The van der Waals surface area contributed by atoms with Crippen molar-refractivity contribution in [2.75, 3.05) is 0 Å². The first kappa shape index (κ1) is 28.4. The summed E-state index contributed by atoms with van der Waals surface area (Å²) < 4.78 is 2.28. The molecule has 0 saturated carbocycles. The van der Waals surface area contributed by atoms with Gasteiger partial charge in [-0.3, -0.25) is 0 Å². The maximum absolute atomic E-state index is 7.22. The standard InChI is InChI=1S/C43H29ClN4/c44-39-35-19-8-7-16-32(35)27-37-36-20-9-10-21-38(36)48(40(37)39)34-24-22-30(23-25-34)42-45-41(29-14-5-2-6-15-29)46-43(47-42)33-18-11-17-31(26-33)28-12-3-1-4-13-28/h1-6,9-27H,7-8H2. The second-order valence-electron chi connectivity index (χ2n) is 12.1. The van der Waals surface area contributed by atoms with Gasteiger partial charge in [-0.15, -0.1) is 0 Å². The van der Waals surface area contributed by atoms with Crippen LogP contribution in [-0.4, -0.2) is 19.5 Å². The van der Waals surface area contributed by atoms with Crippen LogP contribution in [0.2, 0.25) is 5.02 Å². The smallest absolute Gasteiger partial charge is 0.164 e. The Kier molecular flexibility index (Phi) is 6.95. The van der Waals surface area contributed by atoms with E-state index in [1.54, 1.807) is 0 Å². The summed E-state index contributed by atoms with van der Waals surface area (Å²) >= 11 is 7.22. The predicted molar refractivity (Wildman–Crippen MR) is 198 cm³/mol. The molecule has 4 nitrogen and oxygen atoms in total. The summed E-state index contributed by atoms with van der Waals surface area (Å²) in [5.74, 6) is 1.89. The van der Waals surface area contributed by atoms with E-state index >= 15 is 0 Å². The molecule has 5 heteroatoms. The van der Waals surface area contributed by atoms with E-state index in [0.29, 0.717) is 17.5 Å². The third kappa shape index (κ3) is 4.90. The van der Waals surface area contributed by atoms with E-state index in [-0.39, 0.29) is 0 Å². The first-order chi connectivity index (χ1) is 23.7. The highest BCUT2D eigenvalue weighted by molar-refractivity contribution is 6.36. The largest absolute Gasteiger partial charge is 0.308 e. The predicted octanol–water partition coefficient (Wildman–Crippen LogP) is 9.64. The minimum Gasteiger partial charge on any atom is -0.308 e. The van der Waals surface area contributed by atoms with E-state index in [1.165, 1.54) is 10.6 Å². The Labute approximate surface area is 283 Å². The normalized spacial score (nSPS) is 12.4. The zero-order valence-electron chi connectivity index (χ0n) is 26.0. The second-order valence-corrected chi connectivity index (χ2v) is 12.5. The van der Waals surface area contributed by atoms with Crippen LogP contribution in [-0.2, 0) is 0 Å². The number of rotatable bonds is 5. The summed E-state index contributed by atoms with van der Waals surface area (Å²) in [5.41, 5.74) is 8.23. The minimum atomic E-state index is 0.620. The molecule has 8 aromatic rings. The first-order valence-electron chi connectivity index (χ1n) is 16.2. The first-order valence-corrected chi connectivity index (χ1v) is 16.6. The van der Waals surface area contributed by atoms with Gasteiger partial charge in [0.2, 0.25) is 0 Å². The molecule has 0 amide bonds. The molecule has 2 aromatic heterocycles. The number of aromatic nitrogens is 4. The minimum absolute atomic E-state index is 0.620. The van der Waals surface area contributed by atoms with E-state index in [4.69, 9.17) is 26.6 Å². The van der Waals surface area contributed by atoms with Gasteiger partial charge >= 0.3 is 0 Å². The van der Waals surface area contributed by atoms with Gasteiger partial charge in [0.15, 0.2) is 17.5 Å². The monoisotopic (exact) mass is 636 g/mol. The van der Waals surface area contributed by atoms with Crippen LogP contribution in [0.15, 0.2) is 140 Å². The third-order valence-electron chi connectivity index (χ3n) is 9.13. The van der Waals surface area contributed by atoms with Crippen LogP contribution in [0.5, 0.6) is 0 Å². The molecule has 48 heavy (non-hydrogen) atoms. The van der Waals surface area contributed by atoms with Gasteiger partial charge in [-0.05, 0) is 76.9 Å². The van der Waals surface area contributed by atoms with Crippen molar-refractivity contribution in [1.29, 1.82) is 0 Å². The Hall–Kier alpha value is -5.84. The van der Waals surface area contributed by atoms with Gasteiger partial charge in [0.05, 0.1) is 16.1 Å². The average molecular weight is 637 g/mol. The lowest BCUT2D eigenvalue weighted by molar-refractivity contribution is 1.07. The summed E-state index contributed by atoms with van der Waals surface area (Å²) in [7, 11) is 0. The van der Waals surface area contributed by atoms with Crippen LogP contribution >= 0.6 is 11.6 Å². The highest BCUT2D eigenvalue weighted by atomic mass is 35.5. The molecule has 0 unspecified atom stereocenters. The summed E-state index contributed by atoms with van der Waals surface area (Å²) in [5, 5.41) is 5.49. The van der Waals surface area contributed by atoms with Crippen LogP contribution in [0.1, 0.15) is 12.8 Å². The number of halogens is 1. The number of benzene rings is 6. The van der Waals surface area contributed by atoms with Crippen molar-refractivity contribution in [3.63, 3.8) is 0 Å². The number of fused-ring (bicyclic) bond motifs is 4. The molecule has 0 bridgehead atoms. The number of para-hydroxylation sites is 1. The van der Waals surface area contributed by atoms with Crippen LogP contribution in [0.25, 0.3) is 84.9 Å². The van der Waals surface area contributed by atoms with E-state index in [0.717, 1.165) is 73.0 Å². The number of nitrogens with zero attached hydrogens (tertiary/aromatic N) is 4. The number of hydrogen-bond donors (Lipinski definition) is 0. The van der Waals surface area contributed by atoms with Crippen molar-refractivity contribution in [2.45, 2.75) is 12.8 Å². The Morgan fingerprint density at radius 1 is 0.479 bits per heavy atom. The molecule has 228 valence electrons. The number of hydrogen-bond acceptors (Lipinski definition) is 3. The van der Waals surface area contributed by atoms with Crippen molar-refractivity contribution >= 4 is 45.6 Å². The Balaban J connectivity index is 1.19. The van der Waals surface area contributed by atoms with E-state index in [1.807, 2.05) is 36.4 Å². The van der Waals surface area contributed by atoms with Gasteiger partial charge < -0.3 is 4.57 Å². The molecule has 0 aliphatic heterocycles. The summed E-state index contributed by atoms with van der Waals surface area (Å²) in [6.45, 7) is 0. The molecule has 0 N–H and O–H groups in total. The summed E-state index contributed by atoms with van der Waals surface area (Å²) in [6.07, 6.45) is 6.60. The van der Waals surface area contributed by atoms with Crippen molar-refractivity contribution in [3.05, 3.63) is 155 Å². The van der Waals surface area contributed by atoms with Gasteiger partial charge in [-0.2, -0.15) is 0 Å². The van der Waals surface area contributed by atoms with Crippen molar-refractivity contribution < 1.29 is 0 Å². The van der Waals surface area contributed by atoms with Gasteiger partial charge in [0.25, 0.3) is 0 Å². The second kappa shape index (κ2) is 11.8. The molecule has 1 aliphatic carbocycles. The molecular formula is C43H29ClN4. The van der Waals surface area contributed by atoms with Gasteiger partial charge in [-0.25, -0.2) is 15.0 Å². The fourth-order valence-corrected chi connectivity index (χ4v) is 7.18. The summed E-state index contributed by atoms with van der Waals surface area (Å²) in [4.78, 5) is 15.0. The molecule has 0 radical (unpaired) electrons. The van der Waals surface area contributed by atoms with E-state index in [2.05, 4.69) is 120 Å². The maximum Gasteiger partial charge on any atom is 0.164 e. The molecular weight excluding hydrogens is 608 g/mol. The zero-order valence-corrected chi connectivity index (χ0v) is 26.8. The summed E-state index contributed by atoms with van der Waals surface area (Å²) in [6, 6.07) is 48.1. The Morgan fingerprint density at radius 2 is 1.06 bits per heavy atom. The van der Waals surface area contributed by atoms with Gasteiger partial charge in [0, 0.05) is 33.2 Å². The Morgan fingerprint density at radius 3 is 1.81 bits per heavy atom. The maximum atomic E-state index is 7.22. The molecule has 0 atom stereocenters. The fraction of sp³-hybridized carbons (Fsp3) is 0.0465. The molecule has 0 spiro atoms. The molecule has 2 heterocycles. The average Bonchev–Trinajstić information content (AvgIpc) is 3.50. The third-order valence-corrected chi connectivity index (χ3v) is 9.51.